The summed E-state index contributed by atoms with van der Waals surface area (Å²) >= 11 is 0. The number of hydrogen-bond acceptors (Lipinski definition) is 0. The van der Waals surface area contributed by atoms with Crippen molar-refractivity contribution in [2.45, 2.75) is 19.9 Å². The van der Waals surface area contributed by atoms with Gasteiger partial charge in [-0.05, 0) is 24.1 Å². The van der Waals surface area contributed by atoms with E-state index >= 15 is 0 Å². The molecule has 0 spiro atoms. The average Bonchev–Trinajstić information content (AvgIpc) is 2.57. The van der Waals surface area contributed by atoms with Gasteiger partial charge in [0.25, 0.3) is 0 Å². The Kier molecular flexibility index (Phi) is 1.93. The van der Waals surface area contributed by atoms with Gasteiger partial charge in [-0.2, -0.15) is 0 Å². The molecule has 0 atom stereocenters. The summed E-state index contributed by atoms with van der Waals surface area (Å²) in [5, 5.41) is 1.40. The lowest BCUT2D eigenvalue weighted by Gasteiger charge is -2.21. The van der Waals surface area contributed by atoms with Crippen LogP contribution in [0, 0.1) is 6.92 Å². The van der Waals surface area contributed by atoms with Gasteiger partial charge in [-0.15, -0.1) is 0 Å². The van der Waals surface area contributed by atoms with E-state index in [-0.39, 0.29) is 0 Å². The summed E-state index contributed by atoms with van der Waals surface area (Å²) in [6.07, 6.45) is 1.21. The van der Waals surface area contributed by atoms with Crippen molar-refractivity contribution in [1.82, 2.24) is 4.57 Å². The number of para-hydroxylation sites is 1. The Bertz CT molecular complexity index is 749. The van der Waals surface area contributed by atoms with Crippen LogP contribution < -0.4 is 0 Å². The lowest BCUT2D eigenvalue weighted by atomic mass is 9.96. The van der Waals surface area contributed by atoms with Crippen LogP contribution in [0.3, 0.4) is 0 Å². The van der Waals surface area contributed by atoms with E-state index in [0.29, 0.717) is 0 Å². The van der Waals surface area contributed by atoms with Crippen molar-refractivity contribution in [3.8, 4) is 11.1 Å². The van der Waals surface area contributed by atoms with Crippen molar-refractivity contribution in [1.29, 1.82) is 0 Å². The van der Waals surface area contributed by atoms with Gasteiger partial charge in [0.05, 0.1) is 0 Å². The van der Waals surface area contributed by atoms with Crippen LogP contribution in [-0.2, 0) is 13.0 Å². The summed E-state index contributed by atoms with van der Waals surface area (Å²) in [4.78, 5) is 0. The van der Waals surface area contributed by atoms with Crippen molar-refractivity contribution < 1.29 is 0 Å². The van der Waals surface area contributed by atoms with Gasteiger partial charge in [0, 0.05) is 35.1 Å². The number of aromatic nitrogens is 1. The third kappa shape index (κ3) is 1.16. The third-order valence-corrected chi connectivity index (χ3v) is 4.07. The van der Waals surface area contributed by atoms with E-state index < -0.39 is 0 Å². The number of fused-ring (bicyclic) bond motifs is 3. The van der Waals surface area contributed by atoms with Crippen LogP contribution in [0.1, 0.15) is 11.3 Å². The molecule has 0 amide bonds. The smallest absolute Gasteiger partial charge is 0.0489 e. The molecule has 1 nitrogen and oxygen atoms in total. The molecule has 1 heteroatoms. The molecule has 0 aliphatic carbocycles. The molecule has 2 heterocycles. The van der Waals surface area contributed by atoms with Crippen LogP contribution >= 0.6 is 0 Å². The third-order valence-electron chi connectivity index (χ3n) is 4.07. The maximum absolute atomic E-state index is 2.46. The Morgan fingerprint density at radius 2 is 1.72 bits per heavy atom. The Morgan fingerprint density at radius 1 is 0.944 bits per heavy atom. The zero-order chi connectivity index (χ0) is 12.1. The van der Waals surface area contributed by atoms with Crippen molar-refractivity contribution >= 4 is 10.9 Å². The highest BCUT2D eigenvalue weighted by Crippen LogP contribution is 2.40. The maximum atomic E-state index is 2.46. The Hall–Kier alpha value is -2.02. The molecule has 18 heavy (non-hydrogen) atoms. The zero-order valence-electron chi connectivity index (χ0n) is 10.5. The molecule has 0 radical (unpaired) electrons. The van der Waals surface area contributed by atoms with Gasteiger partial charge < -0.3 is 4.57 Å². The fraction of sp³-hybridized carbons (Fsp3) is 0.176. The van der Waals surface area contributed by atoms with E-state index in [1.165, 1.54) is 46.3 Å². The summed E-state index contributed by atoms with van der Waals surface area (Å²) in [7, 11) is 0. The number of hydrogen-bond donors (Lipinski definition) is 0. The molecule has 0 fully saturated rings. The fourth-order valence-electron chi connectivity index (χ4n) is 3.09. The molecular weight excluding hydrogens is 218 g/mol. The fourth-order valence-corrected chi connectivity index (χ4v) is 3.09. The molecular formula is C17H15N. The minimum atomic E-state index is 1.17. The molecule has 0 saturated carbocycles. The molecule has 2 aromatic carbocycles. The lowest BCUT2D eigenvalue weighted by molar-refractivity contribution is 0.577. The summed E-state index contributed by atoms with van der Waals surface area (Å²) in [6, 6.07) is 17.5. The van der Waals surface area contributed by atoms with E-state index in [1.54, 1.807) is 0 Å². The minimum Gasteiger partial charge on any atom is -0.343 e. The van der Waals surface area contributed by atoms with Crippen molar-refractivity contribution in [3.63, 3.8) is 0 Å². The first kappa shape index (κ1) is 9.95. The van der Waals surface area contributed by atoms with E-state index in [4.69, 9.17) is 0 Å². The van der Waals surface area contributed by atoms with Gasteiger partial charge in [0.1, 0.15) is 0 Å². The SMILES string of the molecule is Cc1ccccc1-c1c2n(c3ccccc13)CC2. The predicted molar refractivity (Wildman–Crippen MR) is 75.8 cm³/mol. The van der Waals surface area contributed by atoms with E-state index in [2.05, 4.69) is 60.0 Å². The Morgan fingerprint density at radius 3 is 2.50 bits per heavy atom. The molecule has 1 aliphatic rings. The lowest BCUT2D eigenvalue weighted by Crippen LogP contribution is -2.16. The molecule has 0 unspecified atom stereocenters. The van der Waals surface area contributed by atoms with Crippen LogP contribution in [0.15, 0.2) is 48.5 Å². The second-order valence-corrected chi connectivity index (χ2v) is 5.06. The standard InChI is InChI=1S/C17H15N/c1-12-6-2-3-7-13(12)17-14-8-4-5-9-15(14)18-11-10-16(17)18/h2-9H,10-11H2,1H3. The number of rotatable bonds is 1. The Balaban J connectivity index is 2.13. The summed E-state index contributed by atoms with van der Waals surface area (Å²) in [5.41, 5.74) is 7.10. The number of nitrogens with zero attached hydrogens (tertiary/aromatic N) is 1. The first-order chi connectivity index (χ1) is 8.86. The first-order valence-corrected chi connectivity index (χ1v) is 6.52. The van der Waals surface area contributed by atoms with Crippen molar-refractivity contribution in [2.24, 2.45) is 0 Å². The normalized spacial score (nSPS) is 13.4. The maximum Gasteiger partial charge on any atom is 0.0489 e. The summed E-state index contributed by atoms with van der Waals surface area (Å²) in [5.74, 6) is 0. The minimum absolute atomic E-state index is 1.17. The van der Waals surface area contributed by atoms with Crippen LogP contribution in [0.4, 0.5) is 0 Å². The molecule has 1 aliphatic heterocycles. The van der Waals surface area contributed by atoms with Crippen LogP contribution in [0.2, 0.25) is 0 Å². The van der Waals surface area contributed by atoms with Crippen LogP contribution in [-0.4, -0.2) is 4.57 Å². The monoisotopic (exact) mass is 233 g/mol. The van der Waals surface area contributed by atoms with Crippen LogP contribution in [0.5, 0.6) is 0 Å². The van der Waals surface area contributed by atoms with Gasteiger partial charge in [0.2, 0.25) is 0 Å². The Labute approximate surface area is 107 Å². The highest BCUT2D eigenvalue weighted by molar-refractivity contribution is 5.99. The molecule has 88 valence electrons. The van der Waals surface area contributed by atoms with Crippen LogP contribution in [0.25, 0.3) is 22.0 Å². The number of aryl methyl sites for hydroxylation is 2. The molecule has 0 saturated heterocycles. The quantitative estimate of drug-likeness (QED) is 0.594. The molecule has 4 rings (SSSR count). The average molecular weight is 233 g/mol. The first-order valence-electron chi connectivity index (χ1n) is 6.52. The zero-order valence-corrected chi connectivity index (χ0v) is 10.5. The van der Waals surface area contributed by atoms with Gasteiger partial charge >= 0.3 is 0 Å². The van der Waals surface area contributed by atoms with Gasteiger partial charge in [-0.1, -0.05) is 42.5 Å². The highest BCUT2D eigenvalue weighted by Gasteiger charge is 2.24. The molecule has 0 N–H and O–H groups in total. The van der Waals surface area contributed by atoms with E-state index in [0.717, 1.165) is 0 Å². The predicted octanol–water partition coefficient (Wildman–Crippen LogP) is 4.17. The van der Waals surface area contributed by atoms with Gasteiger partial charge in [0.15, 0.2) is 0 Å². The molecule has 3 aromatic rings. The van der Waals surface area contributed by atoms with Gasteiger partial charge in [-0.25, -0.2) is 0 Å². The van der Waals surface area contributed by atoms with E-state index in [9.17, 15) is 0 Å². The largest absolute Gasteiger partial charge is 0.343 e. The summed E-state index contributed by atoms with van der Waals surface area (Å²) < 4.78 is 2.46. The second-order valence-electron chi connectivity index (χ2n) is 5.06. The van der Waals surface area contributed by atoms with Gasteiger partial charge in [-0.3, -0.25) is 0 Å². The highest BCUT2D eigenvalue weighted by atomic mass is 15.0. The molecule has 1 aromatic heterocycles. The number of benzene rings is 2. The summed E-state index contributed by atoms with van der Waals surface area (Å²) in [6.45, 7) is 3.37. The topological polar surface area (TPSA) is 4.93 Å². The second kappa shape index (κ2) is 3.49. The molecule has 0 bridgehead atoms. The van der Waals surface area contributed by atoms with E-state index in [1.807, 2.05) is 0 Å². The van der Waals surface area contributed by atoms with Crippen molar-refractivity contribution in [2.75, 3.05) is 0 Å². The van der Waals surface area contributed by atoms with Crippen molar-refractivity contribution in [3.05, 3.63) is 59.8 Å².